The largest absolute Gasteiger partial charge is 0.383 e. The first kappa shape index (κ1) is 12.8. The molecule has 3 nitrogen and oxygen atoms in total. The summed E-state index contributed by atoms with van der Waals surface area (Å²) in [7, 11) is 0. The Labute approximate surface area is 110 Å². The second kappa shape index (κ2) is 5.80. The van der Waals surface area contributed by atoms with E-state index in [0.29, 0.717) is 6.54 Å². The van der Waals surface area contributed by atoms with E-state index in [4.69, 9.17) is 0 Å². The van der Waals surface area contributed by atoms with Gasteiger partial charge in [0.05, 0.1) is 0 Å². The van der Waals surface area contributed by atoms with E-state index in [1.807, 2.05) is 41.8 Å². The molecule has 1 aromatic carbocycles. The summed E-state index contributed by atoms with van der Waals surface area (Å²) in [5.41, 5.74) is 1.89. The van der Waals surface area contributed by atoms with Crippen LogP contribution >= 0.6 is 11.3 Å². The Hall–Kier alpha value is -1.65. The molecular formula is C14H15NO2S. The molecule has 18 heavy (non-hydrogen) atoms. The molecule has 2 rings (SSSR count). The standard InChI is InChI=1S/C14H15NO2S/c1-10(16)15-9-11-4-6-12(7-5-11)14(17)13-3-2-8-18-13/h2-8,14,17H,9H2,1H3,(H,15,16). The Balaban J connectivity index is 2.05. The summed E-state index contributed by atoms with van der Waals surface area (Å²) in [6, 6.07) is 11.5. The molecule has 0 saturated carbocycles. The van der Waals surface area contributed by atoms with Crippen LogP contribution in [-0.2, 0) is 11.3 Å². The van der Waals surface area contributed by atoms with Crippen LogP contribution in [0.5, 0.6) is 0 Å². The van der Waals surface area contributed by atoms with E-state index >= 15 is 0 Å². The highest BCUT2D eigenvalue weighted by Crippen LogP contribution is 2.25. The maximum absolute atomic E-state index is 10.8. The zero-order valence-electron chi connectivity index (χ0n) is 10.1. The third kappa shape index (κ3) is 3.18. The van der Waals surface area contributed by atoms with Crippen molar-refractivity contribution in [3.05, 3.63) is 57.8 Å². The summed E-state index contributed by atoms with van der Waals surface area (Å²) >= 11 is 1.54. The van der Waals surface area contributed by atoms with Crippen molar-refractivity contribution in [2.45, 2.75) is 19.6 Å². The lowest BCUT2D eigenvalue weighted by Crippen LogP contribution is -2.18. The van der Waals surface area contributed by atoms with Gasteiger partial charge in [0.2, 0.25) is 5.91 Å². The Bertz CT molecular complexity index is 505. The van der Waals surface area contributed by atoms with E-state index in [-0.39, 0.29) is 5.91 Å². The van der Waals surface area contributed by atoms with Crippen LogP contribution in [0.2, 0.25) is 0 Å². The summed E-state index contributed by atoms with van der Waals surface area (Å²) in [6.07, 6.45) is -0.570. The van der Waals surface area contributed by atoms with E-state index < -0.39 is 6.10 Å². The number of rotatable bonds is 4. The van der Waals surface area contributed by atoms with E-state index in [1.165, 1.54) is 18.3 Å². The van der Waals surface area contributed by atoms with Crippen LogP contribution in [0.15, 0.2) is 41.8 Å². The molecule has 0 bridgehead atoms. The van der Waals surface area contributed by atoms with Crippen LogP contribution in [0.25, 0.3) is 0 Å². The van der Waals surface area contributed by atoms with Crippen molar-refractivity contribution in [2.75, 3.05) is 0 Å². The smallest absolute Gasteiger partial charge is 0.217 e. The summed E-state index contributed by atoms with van der Waals surface area (Å²) in [6.45, 7) is 2.01. The van der Waals surface area contributed by atoms with Gasteiger partial charge in [-0.05, 0) is 22.6 Å². The number of hydrogen-bond acceptors (Lipinski definition) is 3. The Morgan fingerprint density at radius 2 is 2.06 bits per heavy atom. The van der Waals surface area contributed by atoms with Crippen LogP contribution in [-0.4, -0.2) is 11.0 Å². The van der Waals surface area contributed by atoms with Crippen LogP contribution in [0.3, 0.4) is 0 Å². The highest BCUT2D eigenvalue weighted by molar-refractivity contribution is 7.10. The second-order valence-corrected chi connectivity index (χ2v) is 5.05. The molecule has 0 aliphatic heterocycles. The van der Waals surface area contributed by atoms with Gasteiger partial charge in [0.1, 0.15) is 6.10 Å². The summed E-state index contributed by atoms with van der Waals surface area (Å²) in [4.78, 5) is 11.7. The number of aliphatic hydroxyl groups excluding tert-OH is 1. The van der Waals surface area contributed by atoms with E-state index in [0.717, 1.165) is 16.0 Å². The van der Waals surface area contributed by atoms with Gasteiger partial charge in [-0.3, -0.25) is 4.79 Å². The number of carbonyl (C=O) groups is 1. The van der Waals surface area contributed by atoms with Crippen LogP contribution < -0.4 is 5.32 Å². The van der Waals surface area contributed by atoms with Gasteiger partial charge >= 0.3 is 0 Å². The quantitative estimate of drug-likeness (QED) is 0.888. The number of carbonyl (C=O) groups excluding carboxylic acids is 1. The first-order valence-electron chi connectivity index (χ1n) is 5.71. The predicted molar refractivity (Wildman–Crippen MR) is 72.3 cm³/mol. The van der Waals surface area contributed by atoms with Gasteiger partial charge in [0.25, 0.3) is 0 Å². The van der Waals surface area contributed by atoms with Gasteiger partial charge in [-0.1, -0.05) is 30.3 Å². The third-order valence-electron chi connectivity index (χ3n) is 2.65. The lowest BCUT2D eigenvalue weighted by atomic mass is 10.1. The number of nitrogens with one attached hydrogen (secondary N) is 1. The molecule has 2 N–H and O–H groups in total. The van der Waals surface area contributed by atoms with Crippen LogP contribution in [0, 0.1) is 0 Å². The molecule has 4 heteroatoms. The molecule has 1 unspecified atom stereocenters. The second-order valence-electron chi connectivity index (χ2n) is 4.07. The van der Waals surface area contributed by atoms with Crippen LogP contribution in [0.1, 0.15) is 29.0 Å². The Morgan fingerprint density at radius 1 is 1.33 bits per heavy atom. The minimum atomic E-state index is -0.570. The van der Waals surface area contributed by atoms with Gasteiger partial charge in [0.15, 0.2) is 0 Å². The summed E-state index contributed by atoms with van der Waals surface area (Å²) in [5, 5.41) is 14.8. The molecule has 1 aromatic heterocycles. The van der Waals surface area contributed by atoms with Crippen molar-refractivity contribution >= 4 is 17.2 Å². The van der Waals surface area contributed by atoms with Gasteiger partial charge in [0, 0.05) is 18.3 Å². The number of amides is 1. The van der Waals surface area contributed by atoms with Crippen molar-refractivity contribution in [2.24, 2.45) is 0 Å². The fraction of sp³-hybridized carbons (Fsp3) is 0.214. The maximum atomic E-state index is 10.8. The number of benzene rings is 1. The monoisotopic (exact) mass is 261 g/mol. The van der Waals surface area contributed by atoms with Gasteiger partial charge in [-0.2, -0.15) is 0 Å². The highest BCUT2D eigenvalue weighted by atomic mass is 32.1. The zero-order valence-corrected chi connectivity index (χ0v) is 10.9. The molecule has 1 amide bonds. The lowest BCUT2D eigenvalue weighted by Gasteiger charge is -2.10. The molecular weight excluding hydrogens is 246 g/mol. The third-order valence-corrected chi connectivity index (χ3v) is 3.57. The van der Waals surface area contributed by atoms with Crippen molar-refractivity contribution in [3.8, 4) is 0 Å². The lowest BCUT2D eigenvalue weighted by molar-refractivity contribution is -0.119. The molecule has 0 spiro atoms. The van der Waals surface area contributed by atoms with E-state index in [9.17, 15) is 9.90 Å². The minimum absolute atomic E-state index is 0.0438. The van der Waals surface area contributed by atoms with Crippen molar-refractivity contribution in [3.63, 3.8) is 0 Å². The molecule has 0 radical (unpaired) electrons. The Morgan fingerprint density at radius 3 is 2.61 bits per heavy atom. The molecule has 0 aliphatic rings. The summed E-state index contributed by atoms with van der Waals surface area (Å²) < 4.78 is 0. The van der Waals surface area contributed by atoms with Gasteiger partial charge < -0.3 is 10.4 Å². The van der Waals surface area contributed by atoms with Gasteiger partial charge in [-0.25, -0.2) is 0 Å². The fourth-order valence-electron chi connectivity index (χ4n) is 1.66. The van der Waals surface area contributed by atoms with E-state index in [2.05, 4.69) is 5.32 Å². The first-order chi connectivity index (χ1) is 8.66. The number of thiophene rings is 1. The molecule has 0 fully saturated rings. The first-order valence-corrected chi connectivity index (χ1v) is 6.59. The molecule has 1 atom stereocenters. The number of aliphatic hydroxyl groups is 1. The molecule has 94 valence electrons. The van der Waals surface area contributed by atoms with Crippen molar-refractivity contribution in [1.29, 1.82) is 0 Å². The van der Waals surface area contributed by atoms with Crippen LogP contribution in [0.4, 0.5) is 0 Å². The molecule has 0 saturated heterocycles. The van der Waals surface area contributed by atoms with Gasteiger partial charge in [-0.15, -0.1) is 11.3 Å². The average Bonchev–Trinajstić information content (AvgIpc) is 2.90. The van der Waals surface area contributed by atoms with E-state index in [1.54, 1.807) is 0 Å². The highest BCUT2D eigenvalue weighted by Gasteiger charge is 2.10. The summed E-state index contributed by atoms with van der Waals surface area (Å²) in [5.74, 6) is -0.0438. The normalized spacial score (nSPS) is 12.1. The molecule has 0 aliphatic carbocycles. The topological polar surface area (TPSA) is 49.3 Å². The SMILES string of the molecule is CC(=O)NCc1ccc(C(O)c2cccs2)cc1. The fourth-order valence-corrected chi connectivity index (χ4v) is 2.39. The molecule has 2 aromatic rings. The van der Waals surface area contributed by atoms with Crippen molar-refractivity contribution < 1.29 is 9.90 Å². The average molecular weight is 261 g/mol. The van der Waals surface area contributed by atoms with Crippen molar-refractivity contribution in [1.82, 2.24) is 5.32 Å². The number of hydrogen-bond donors (Lipinski definition) is 2. The minimum Gasteiger partial charge on any atom is -0.383 e. The Kier molecular flexibility index (Phi) is 4.12. The maximum Gasteiger partial charge on any atom is 0.217 e. The molecule has 1 heterocycles. The predicted octanol–water partition coefficient (Wildman–Crippen LogP) is 2.47. The zero-order chi connectivity index (χ0) is 13.0.